The number of hydrogen-bond donors (Lipinski definition) is 7. The van der Waals surface area contributed by atoms with Gasteiger partial charge in [0.2, 0.25) is 0 Å². The van der Waals surface area contributed by atoms with Gasteiger partial charge in [-0.1, -0.05) is 130 Å². The van der Waals surface area contributed by atoms with Crippen LogP contribution in [0.4, 0.5) is 0 Å². The molecular formula is C51H82O17P2. The van der Waals surface area contributed by atoms with E-state index in [2.05, 4.69) is 116 Å². The molecule has 0 aromatic carbocycles. The van der Waals surface area contributed by atoms with Crippen LogP contribution >= 0.6 is 15.6 Å². The van der Waals surface area contributed by atoms with Crippen LogP contribution in [0, 0.1) is 0 Å². The van der Waals surface area contributed by atoms with Crippen LogP contribution in [0.2, 0.25) is 0 Å². The summed E-state index contributed by atoms with van der Waals surface area (Å²) in [7, 11) is -10.7. The molecule has 1 saturated heterocycles. The summed E-state index contributed by atoms with van der Waals surface area (Å²) in [4.78, 5) is 54.5. The Labute approximate surface area is 415 Å². The molecule has 7 unspecified atom stereocenters. The van der Waals surface area contributed by atoms with Crippen molar-refractivity contribution in [3.63, 3.8) is 0 Å². The topological polar surface area (TPSA) is 269 Å². The molecule has 0 amide bonds. The Morgan fingerprint density at radius 3 is 1.59 bits per heavy atom. The number of carbonyl (C=O) groups is 2. The number of esters is 2. The minimum Gasteiger partial charge on any atom is -0.462 e. The van der Waals surface area contributed by atoms with Gasteiger partial charge in [0, 0.05) is 12.8 Å². The molecule has 17 nitrogen and oxygen atoms in total. The van der Waals surface area contributed by atoms with Crippen LogP contribution < -0.4 is 0 Å². The number of aliphatic hydroxyl groups excluding tert-OH is 4. The highest BCUT2D eigenvalue weighted by Gasteiger charge is 2.54. The summed E-state index contributed by atoms with van der Waals surface area (Å²) in [6.07, 6.45) is 35.1. The zero-order chi connectivity index (χ0) is 51.5. The standard InChI is InChI=1S/C51H82O17P2/c1-3-5-7-9-11-13-15-17-18-19-20-21-22-23-25-27-29-31-33-37-44(52)63-39-41(40-64-70(61,62)68-51-48(56)46(54)47(55)50(49(51)57)67-69(58,59)60)65-45(53)38-34-36-43-42(66-43)35-32-30-28-26-24-16-14-12-10-8-6-4-2/h5,7,11-14,17-18,20-21,23-26,30,32,41-43,46-51,54-57H,3-4,6,8-10,15-16,19,22,27-29,31,33-40H2,1-2H3,(H,61,62)(H2,58,59,60)/b7-5-,13-11-,14-12-,18-17-,21-20-,25-23-,26-24-,32-30-/t41-,42?,43?,46?,47?,48?,49?,50-,51+/m1/s1. The number of carbonyl (C=O) groups excluding carboxylic acids is 2. The Hall–Kier alpha value is -3.12. The number of ether oxygens (including phenoxy) is 3. The van der Waals surface area contributed by atoms with Gasteiger partial charge in [-0.15, -0.1) is 0 Å². The lowest BCUT2D eigenvalue weighted by atomic mass is 9.85. The quantitative estimate of drug-likeness (QED) is 0.00995. The number of aliphatic hydroxyl groups is 4. The van der Waals surface area contributed by atoms with Crippen molar-refractivity contribution in [3.05, 3.63) is 97.2 Å². The van der Waals surface area contributed by atoms with Gasteiger partial charge in [-0.05, 0) is 96.3 Å². The molecule has 19 heteroatoms. The number of epoxide rings is 1. The number of allylic oxidation sites excluding steroid dienone is 15. The Morgan fingerprint density at radius 2 is 1.04 bits per heavy atom. The van der Waals surface area contributed by atoms with E-state index in [4.69, 9.17) is 23.3 Å². The maximum Gasteiger partial charge on any atom is 0.472 e. The molecule has 1 saturated carbocycles. The van der Waals surface area contributed by atoms with Crippen LogP contribution in [0.3, 0.4) is 0 Å². The molecule has 2 rings (SSSR count). The molecule has 7 N–H and O–H groups in total. The fourth-order valence-electron chi connectivity index (χ4n) is 7.14. The lowest BCUT2D eigenvalue weighted by Crippen LogP contribution is -2.64. The van der Waals surface area contributed by atoms with E-state index in [1.165, 1.54) is 19.3 Å². The molecule has 398 valence electrons. The summed E-state index contributed by atoms with van der Waals surface area (Å²) < 4.78 is 55.2. The van der Waals surface area contributed by atoms with Gasteiger partial charge in [0.25, 0.3) is 0 Å². The van der Waals surface area contributed by atoms with Crippen molar-refractivity contribution in [2.24, 2.45) is 0 Å². The molecule has 1 heterocycles. The van der Waals surface area contributed by atoms with E-state index >= 15 is 0 Å². The summed E-state index contributed by atoms with van der Waals surface area (Å²) >= 11 is 0. The second kappa shape index (κ2) is 37.6. The predicted octanol–water partition coefficient (Wildman–Crippen LogP) is 8.94. The fourth-order valence-corrected chi connectivity index (χ4v) is 8.68. The molecule has 1 aliphatic heterocycles. The Kier molecular flexibility index (Phi) is 33.8. The van der Waals surface area contributed by atoms with Crippen molar-refractivity contribution in [1.29, 1.82) is 0 Å². The molecule has 1 aliphatic carbocycles. The first-order valence-electron chi connectivity index (χ1n) is 24.9. The van der Waals surface area contributed by atoms with Crippen molar-refractivity contribution in [2.45, 2.75) is 197 Å². The smallest absolute Gasteiger partial charge is 0.462 e. The SMILES string of the molecule is CC/C=C\C/C=C\C/C=C\C/C=C\C/C=C\CCCCCC(=O)OC[C@H](COP(=O)(O)O[C@H]1C(O)C(O)C(O)[C@@H](OP(=O)(O)O)C1O)OC(=O)CCCC1OC1C/C=C\C/C=C\C/C=C\CCCCC. The van der Waals surface area contributed by atoms with Crippen molar-refractivity contribution in [3.8, 4) is 0 Å². The van der Waals surface area contributed by atoms with Gasteiger partial charge >= 0.3 is 27.6 Å². The van der Waals surface area contributed by atoms with E-state index in [9.17, 15) is 53.8 Å². The maximum atomic E-state index is 13.0. The largest absolute Gasteiger partial charge is 0.472 e. The number of unbranched alkanes of at least 4 members (excludes halogenated alkanes) is 6. The zero-order valence-electron chi connectivity index (χ0n) is 41.1. The molecule has 0 radical (unpaired) electrons. The third-order valence-corrected chi connectivity index (χ3v) is 12.6. The first kappa shape index (κ1) is 63.0. The predicted molar refractivity (Wildman–Crippen MR) is 268 cm³/mol. The number of phosphoric acid groups is 2. The summed E-state index contributed by atoms with van der Waals surface area (Å²) in [6, 6.07) is 0. The van der Waals surface area contributed by atoms with Crippen LogP contribution in [0.1, 0.15) is 142 Å². The fraction of sp³-hybridized carbons (Fsp3) is 0.647. The van der Waals surface area contributed by atoms with Crippen LogP contribution in [-0.2, 0) is 46.5 Å². The molecule has 2 fully saturated rings. The first-order chi connectivity index (χ1) is 33.6. The van der Waals surface area contributed by atoms with Crippen LogP contribution in [0.15, 0.2) is 97.2 Å². The van der Waals surface area contributed by atoms with Crippen molar-refractivity contribution >= 4 is 27.6 Å². The van der Waals surface area contributed by atoms with Gasteiger partial charge < -0.3 is 49.3 Å². The van der Waals surface area contributed by atoms with E-state index in [1.54, 1.807) is 0 Å². The highest BCUT2D eigenvalue weighted by Crippen LogP contribution is 2.49. The highest BCUT2D eigenvalue weighted by atomic mass is 31.2. The van der Waals surface area contributed by atoms with Gasteiger partial charge in [-0.2, -0.15) is 0 Å². The van der Waals surface area contributed by atoms with Gasteiger partial charge in [0.15, 0.2) is 6.10 Å². The summed E-state index contributed by atoms with van der Waals surface area (Å²) in [5.74, 6) is -1.33. The van der Waals surface area contributed by atoms with E-state index in [0.717, 1.165) is 77.0 Å². The monoisotopic (exact) mass is 1030 g/mol. The summed E-state index contributed by atoms with van der Waals surface area (Å²) in [6.45, 7) is 2.87. The highest BCUT2D eigenvalue weighted by molar-refractivity contribution is 7.47. The lowest BCUT2D eigenvalue weighted by molar-refractivity contribution is -0.216. The van der Waals surface area contributed by atoms with Crippen LogP contribution in [0.5, 0.6) is 0 Å². The zero-order valence-corrected chi connectivity index (χ0v) is 42.9. The Balaban J connectivity index is 1.83. The molecule has 70 heavy (non-hydrogen) atoms. The Morgan fingerprint density at radius 1 is 0.543 bits per heavy atom. The van der Waals surface area contributed by atoms with E-state index in [0.29, 0.717) is 19.3 Å². The average Bonchev–Trinajstić information content (AvgIpc) is 4.07. The minimum absolute atomic E-state index is 0.0211. The normalized spacial score (nSPS) is 24.7. The van der Waals surface area contributed by atoms with Crippen LogP contribution in [0.25, 0.3) is 0 Å². The Bertz CT molecular complexity index is 1790. The molecular weight excluding hydrogens is 946 g/mol. The summed E-state index contributed by atoms with van der Waals surface area (Å²) in [5, 5.41) is 41.3. The van der Waals surface area contributed by atoms with Crippen molar-refractivity contribution in [2.75, 3.05) is 13.2 Å². The number of hydrogen-bond acceptors (Lipinski definition) is 14. The second-order valence-electron chi connectivity index (χ2n) is 17.2. The first-order valence-corrected chi connectivity index (χ1v) is 27.9. The lowest BCUT2D eigenvalue weighted by Gasteiger charge is -2.43. The minimum atomic E-state index is -5.38. The molecule has 0 spiro atoms. The van der Waals surface area contributed by atoms with Gasteiger partial charge in [-0.3, -0.25) is 23.2 Å². The molecule has 10 atom stereocenters. The summed E-state index contributed by atoms with van der Waals surface area (Å²) in [5.41, 5.74) is 0. The molecule has 0 bridgehead atoms. The van der Waals surface area contributed by atoms with E-state index in [1.807, 2.05) is 0 Å². The molecule has 2 aliphatic rings. The van der Waals surface area contributed by atoms with Gasteiger partial charge in [0.05, 0.1) is 18.8 Å². The van der Waals surface area contributed by atoms with Crippen LogP contribution in [-0.4, -0.2) is 115 Å². The average molecular weight is 1030 g/mol. The van der Waals surface area contributed by atoms with Gasteiger partial charge in [0.1, 0.15) is 43.2 Å². The third-order valence-electron chi connectivity index (χ3n) is 11.1. The number of rotatable bonds is 39. The maximum absolute atomic E-state index is 13.0. The van der Waals surface area contributed by atoms with Gasteiger partial charge in [-0.25, -0.2) is 9.13 Å². The van der Waals surface area contributed by atoms with Crippen molar-refractivity contribution in [1.82, 2.24) is 0 Å². The van der Waals surface area contributed by atoms with Crippen molar-refractivity contribution < 1.29 is 81.6 Å². The number of phosphoric ester groups is 2. The third kappa shape index (κ3) is 30.7. The van der Waals surface area contributed by atoms with E-state index in [-0.39, 0.29) is 25.0 Å². The molecule has 0 aromatic rings. The second-order valence-corrected chi connectivity index (χ2v) is 19.8. The van der Waals surface area contributed by atoms with E-state index < -0.39 is 83.5 Å². The molecule has 0 aromatic heterocycles.